The molecule has 1 heterocycles. The van der Waals surface area contributed by atoms with Gasteiger partial charge in [0.05, 0.1) is 0 Å². The number of methoxy groups -OCH3 is 1. The average Bonchev–Trinajstić information content (AvgIpc) is 2.39. The lowest BCUT2D eigenvalue weighted by Crippen LogP contribution is -2.53. The lowest BCUT2D eigenvalue weighted by molar-refractivity contribution is 0.0914. The van der Waals surface area contributed by atoms with Crippen LogP contribution < -0.4 is 5.32 Å². The minimum absolute atomic E-state index is 0.596. The second kappa shape index (κ2) is 8.90. The Hall–Kier alpha value is -0.160. The number of rotatable bonds is 8. The van der Waals surface area contributed by atoms with Crippen molar-refractivity contribution in [1.29, 1.82) is 0 Å². The molecule has 19 heavy (non-hydrogen) atoms. The summed E-state index contributed by atoms with van der Waals surface area (Å²) in [6, 6.07) is 1.27. The first-order chi connectivity index (χ1) is 9.08. The zero-order chi connectivity index (χ0) is 14.3. The van der Waals surface area contributed by atoms with E-state index in [-0.39, 0.29) is 0 Å². The van der Waals surface area contributed by atoms with Gasteiger partial charge in [-0.25, -0.2) is 0 Å². The van der Waals surface area contributed by atoms with Crippen LogP contribution in [-0.2, 0) is 4.74 Å². The second-order valence-corrected chi connectivity index (χ2v) is 6.06. The van der Waals surface area contributed by atoms with Crippen molar-refractivity contribution in [3.8, 4) is 0 Å². The molecule has 1 rings (SSSR count). The summed E-state index contributed by atoms with van der Waals surface area (Å²) >= 11 is 0. The van der Waals surface area contributed by atoms with Gasteiger partial charge in [-0.2, -0.15) is 0 Å². The van der Waals surface area contributed by atoms with E-state index >= 15 is 0 Å². The standard InChI is InChI=1S/C15H33N3O/c1-6-16-15(13(2)7-10-19-5)11-14-12-17(3)8-9-18(14)4/h13-16H,6-12H2,1-5H3. The average molecular weight is 271 g/mol. The highest BCUT2D eigenvalue weighted by Crippen LogP contribution is 2.18. The van der Waals surface area contributed by atoms with E-state index in [0.29, 0.717) is 18.0 Å². The maximum Gasteiger partial charge on any atom is 0.0465 e. The Morgan fingerprint density at radius 1 is 1.32 bits per heavy atom. The first kappa shape index (κ1) is 16.9. The van der Waals surface area contributed by atoms with E-state index in [1.807, 2.05) is 0 Å². The number of hydrogen-bond donors (Lipinski definition) is 1. The van der Waals surface area contributed by atoms with Gasteiger partial charge >= 0.3 is 0 Å². The topological polar surface area (TPSA) is 27.7 Å². The smallest absolute Gasteiger partial charge is 0.0465 e. The first-order valence-electron chi connectivity index (χ1n) is 7.69. The van der Waals surface area contributed by atoms with Crippen LogP contribution in [0.15, 0.2) is 0 Å². The molecule has 1 saturated heterocycles. The zero-order valence-electron chi connectivity index (χ0n) is 13.5. The summed E-state index contributed by atoms with van der Waals surface area (Å²) in [6.07, 6.45) is 2.38. The Morgan fingerprint density at radius 3 is 2.68 bits per heavy atom. The number of piperazine rings is 1. The molecule has 1 aliphatic rings. The van der Waals surface area contributed by atoms with E-state index in [4.69, 9.17) is 4.74 Å². The normalized spacial score (nSPS) is 25.4. The maximum atomic E-state index is 5.22. The Kier molecular flexibility index (Phi) is 7.91. The highest BCUT2D eigenvalue weighted by Gasteiger charge is 2.27. The van der Waals surface area contributed by atoms with Crippen LogP contribution in [0, 0.1) is 5.92 Å². The Morgan fingerprint density at radius 2 is 2.05 bits per heavy atom. The van der Waals surface area contributed by atoms with E-state index in [0.717, 1.165) is 19.6 Å². The number of nitrogens with one attached hydrogen (secondary N) is 1. The fraction of sp³-hybridized carbons (Fsp3) is 1.00. The fourth-order valence-electron chi connectivity index (χ4n) is 2.93. The van der Waals surface area contributed by atoms with Crippen molar-refractivity contribution >= 4 is 0 Å². The van der Waals surface area contributed by atoms with Gasteiger partial charge in [0.1, 0.15) is 0 Å². The molecule has 1 fully saturated rings. The van der Waals surface area contributed by atoms with Crippen LogP contribution in [0.4, 0.5) is 0 Å². The van der Waals surface area contributed by atoms with E-state index in [1.165, 1.54) is 26.1 Å². The molecule has 0 aliphatic carbocycles. The van der Waals surface area contributed by atoms with Crippen molar-refractivity contribution in [2.24, 2.45) is 5.92 Å². The summed E-state index contributed by atoms with van der Waals surface area (Å²) in [7, 11) is 6.29. The monoisotopic (exact) mass is 271 g/mol. The summed E-state index contributed by atoms with van der Waals surface area (Å²) < 4.78 is 5.22. The summed E-state index contributed by atoms with van der Waals surface area (Å²) in [5, 5.41) is 3.67. The van der Waals surface area contributed by atoms with Crippen LogP contribution in [0.2, 0.25) is 0 Å². The van der Waals surface area contributed by atoms with Gasteiger partial charge in [-0.15, -0.1) is 0 Å². The molecule has 0 radical (unpaired) electrons. The number of nitrogens with zero attached hydrogens (tertiary/aromatic N) is 2. The number of likely N-dealkylation sites (N-methyl/N-ethyl adjacent to an activating group) is 2. The number of ether oxygens (including phenoxy) is 1. The second-order valence-electron chi connectivity index (χ2n) is 6.06. The summed E-state index contributed by atoms with van der Waals surface area (Å²) in [5.41, 5.74) is 0. The van der Waals surface area contributed by atoms with Crippen molar-refractivity contribution in [3.63, 3.8) is 0 Å². The quantitative estimate of drug-likeness (QED) is 0.719. The molecule has 4 nitrogen and oxygen atoms in total. The van der Waals surface area contributed by atoms with E-state index in [9.17, 15) is 0 Å². The van der Waals surface area contributed by atoms with Crippen molar-refractivity contribution in [2.45, 2.75) is 38.8 Å². The van der Waals surface area contributed by atoms with Crippen molar-refractivity contribution in [1.82, 2.24) is 15.1 Å². The molecule has 0 saturated carbocycles. The molecule has 0 amide bonds. The maximum absolute atomic E-state index is 5.22. The summed E-state index contributed by atoms with van der Waals surface area (Å²) in [6.45, 7) is 10.0. The van der Waals surface area contributed by atoms with Gasteiger partial charge in [0, 0.05) is 45.4 Å². The van der Waals surface area contributed by atoms with Crippen LogP contribution in [0.5, 0.6) is 0 Å². The predicted molar refractivity (Wildman–Crippen MR) is 81.7 cm³/mol. The highest BCUT2D eigenvalue weighted by molar-refractivity contribution is 4.85. The minimum Gasteiger partial charge on any atom is -0.385 e. The molecule has 3 unspecified atom stereocenters. The lowest BCUT2D eigenvalue weighted by Gasteiger charge is -2.40. The van der Waals surface area contributed by atoms with Crippen LogP contribution in [-0.4, -0.2) is 75.9 Å². The zero-order valence-corrected chi connectivity index (χ0v) is 13.5. The van der Waals surface area contributed by atoms with Crippen molar-refractivity contribution in [2.75, 3.05) is 54.0 Å². The van der Waals surface area contributed by atoms with Gasteiger partial charge in [0.15, 0.2) is 0 Å². The van der Waals surface area contributed by atoms with Crippen LogP contribution in [0.25, 0.3) is 0 Å². The molecule has 114 valence electrons. The van der Waals surface area contributed by atoms with Gasteiger partial charge in [-0.3, -0.25) is 0 Å². The molecule has 0 aromatic heterocycles. The summed E-state index contributed by atoms with van der Waals surface area (Å²) in [5.74, 6) is 0.667. The molecule has 0 spiro atoms. The van der Waals surface area contributed by atoms with Gasteiger partial charge in [0.25, 0.3) is 0 Å². The molecular weight excluding hydrogens is 238 g/mol. The third-order valence-corrected chi connectivity index (χ3v) is 4.44. The molecule has 0 bridgehead atoms. The van der Waals surface area contributed by atoms with Gasteiger partial charge in [-0.1, -0.05) is 13.8 Å². The van der Waals surface area contributed by atoms with E-state index < -0.39 is 0 Å². The molecule has 4 heteroatoms. The van der Waals surface area contributed by atoms with Gasteiger partial charge < -0.3 is 19.9 Å². The Bertz CT molecular complexity index is 237. The Balaban J connectivity index is 2.50. The molecule has 3 atom stereocenters. The number of hydrogen-bond acceptors (Lipinski definition) is 4. The third kappa shape index (κ3) is 5.78. The largest absolute Gasteiger partial charge is 0.385 e. The van der Waals surface area contributed by atoms with E-state index in [1.54, 1.807) is 7.11 Å². The van der Waals surface area contributed by atoms with Gasteiger partial charge in [-0.05, 0) is 39.4 Å². The van der Waals surface area contributed by atoms with Crippen molar-refractivity contribution < 1.29 is 4.74 Å². The van der Waals surface area contributed by atoms with E-state index in [2.05, 4.69) is 43.1 Å². The predicted octanol–water partition coefficient (Wildman–Crippen LogP) is 1.27. The van der Waals surface area contributed by atoms with Crippen molar-refractivity contribution in [3.05, 3.63) is 0 Å². The molecular formula is C15H33N3O. The SMILES string of the molecule is CCNC(CC1CN(C)CCN1C)C(C)CCOC. The minimum atomic E-state index is 0.596. The third-order valence-electron chi connectivity index (χ3n) is 4.44. The highest BCUT2D eigenvalue weighted by atomic mass is 16.5. The fourth-order valence-corrected chi connectivity index (χ4v) is 2.93. The molecule has 1 N–H and O–H groups in total. The Labute approximate surface area is 119 Å². The first-order valence-corrected chi connectivity index (χ1v) is 7.69. The summed E-state index contributed by atoms with van der Waals surface area (Å²) in [4.78, 5) is 4.97. The van der Waals surface area contributed by atoms with Crippen LogP contribution in [0.1, 0.15) is 26.7 Å². The van der Waals surface area contributed by atoms with Crippen LogP contribution >= 0.6 is 0 Å². The molecule has 0 aromatic carbocycles. The molecule has 1 aliphatic heterocycles. The lowest BCUT2D eigenvalue weighted by atomic mass is 9.91. The van der Waals surface area contributed by atoms with Gasteiger partial charge in [0.2, 0.25) is 0 Å². The molecule has 0 aromatic rings. The van der Waals surface area contributed by atoms with Crippen LogP contribution in [0.3, 0.4) is 0 Å².